The lowest BCUT2D eigenvalue weighted by molar-refractivity contribution is -0.167. The van der Waals surface area contributed by atoms with E-state index in [0.717, 1.165) is 70.6 Å². The molecule has 0 aliphatic carbocycles. The zero-order chi connectivity index (χ0) is 47.9. The largest absolute Gasteiger partial charge is 0.462 e. The second kappa shape index (κ2) is 55.5. The summed E-state index contributed by atoms with van der Waals surface area (Å²) >= 11 is 0. The molecular weight excluding hydrogens is 817 g/mol. The summed E-state index contributed by atoms with van der Waals surface area (Å²) in [5, 5.41) is 0. The van der Waals surface area contributed by atoms with Gasteiger partial charge in [0.05, 0.1) is 0 Å². The number of allylic oxidation sites excluding steroid dienone is 4. The third-order valence-electron chi connectivity index (χ3n) is 13.2. The average molecular weight is 930 g/mol. The summed E-state index contributed by atoms with van der Waals surface area (Å²) in [5.74, 6) is -0.865. The van der Waals surface area contributed by atoms with E-state index in [0.29, 0.717) is 19.3 Å². The van der Waals surface area contributed by atoms with Gasteiger partial charge in [-0.25, -0.2) is 0 Å². The Morgan fingerprint density at radius 1 is 0.288 bits per heavy atom. The molecule has 1 atom stereocenters. The Morgan fingerprint density at radius 2 is 0.530 bits per heavy atom. The first kappa shape index (κ1) is 63.9. The molecule has 66 heavy (non-hydrogen) atoms. The summed E-state index contributed by atoms with van der Waals surface area (Å²) in [5.41, 5.74) is 0. The molecule has 0 aromatic carbocycles. The number of hydrogen-bond donors (Lipinski definition) is 0. The molecular formula is C60H112O6. The lowest BCUT2D eigenvalue weighted by Crippen LogP contribution is -2.30. The first-order valence-electron chi connectivity index (χ1n) is 29.3. The molecule has 0 saturated carbocycles. The minimum Gasteiger partial charge on any atom is -0.462 e. The molecule has 0 aliphatic heterocycles. The van der Waals surface area contributed by atoms with Crippen LogP contribution in [0.1, 0.15) is 323 Å². The van der Waals surface area contributed by atoms with Gasteiger partial charge in [0.1, 0.15) is 13.2 Å². The number of carbonyl (C=O) groups excluding carboxylic acids is 3. The number of rotatable bonds is 54. The zero-order valence-electron chi connectivity index (χ0n) is 44.5. The molecule has 6 nitrogen and oxygen atoms in total. The van der Waals surface area contributed by atoms with Crippen LogP contribution in [0.2, 0.25) is 0 Å². The number of hydrogen-bond acceptors (Lipinski definition) is 6. The van der Waals surface area contributed by atoms with Crippen LogP contribution in [0.25, 0.3) is 0 Å². The van der Waals surface area contributed by atoms with Gasteiger partial charge in [-0.1, -0.05) is 263 Å². The van der Waals surface area contributed by atoms with E-state index in [1.165, 1.54) is 212 Å². The van der Waals surface area contributed by atoms with E-state index in [1.807, 2.05) is 0 Å². The van der Waals surface area contributed by atoms with Crippen LogP contribution in [0.3, 0.4) is 0 Å². The van der Waals surface area contributed by atoms with Gasteiger partial charge >= 0.3 is 17.9 Å². The minimum atomic E-state index is -0.768. The van der Waals surface area contributed by atoms with Gasteiger partial charge < -0.3 is 14.2 Å². The van der Waals surface area contributed by atoms with Crippen molar-refractivity contribution in [3.63, 3.8) is 0 Å². The third kappa shape index (κ3) is 52.9. The normalized spacial score (nSPS) is 12.1. The number of unbranched alkanes of at least 4 members (excludes halogenated alkanes) is 39. The van der Waals surface area contributed by atoms with Crippen molar-refractivity contribution in [2.45, 2.75) is 329 Å². The SMILES string of the molecule is CCC/C=C\CCCCCCCC(=O)OCC(COC(=O)CCCCCCCCCCCCCCCCC/C=C\CCCCCCCCCC)OC(=O)CCCCCCCCCCCCC. The van der Waals surface area contributed by atoms with Crippen molar-refractivity contribution >= 4 is 17.9 Å². The van der Waals surface area contributed by atoms with Crippen molar-refractivity contribution in [3.05, 3.63) is 24.3 Å². The maximum Gasteiger partial charge on any atom is 0.306 e. The first-order valence-corrected chi connectivity index (χ1v) is 29.3. The van der Waals surface area contributed by atoms with Crippen molar-refractivity contribution in [3.8, 4) is 0 Å². The predicted molar refractivity (Wildman–Crippen MR) is 284 cm³/mol. The van der Waals surface area contributed by atoms with Crippen LogP contribution >= 0.6 is 0 Å². The number of esters is 3. The van der Waals surface area contributed by atoms with Crippen LogP contribution in [0.4, 0.5) is 0 Å². The van der Waals surface area contributed by atoms with Crippen molar-refractivity contribution in [1.82, 2.24) is 0 Å². The summed E-state index contributed by atoms with van der Waals surface area (Å²) in [4.78, 5) is 38.0. The lowest BCUT2D eigenvalue weighted by atomic mass is 10.0. The average Bonchev–Trinajstić information content (AvgIpc) is 3.31. The van der Waals surface area contributed by atoms with E-state index in [4.69, 9.17) is 14.2 Å². The van der Waals surface area contributed by atoms with Gasteiger partial charge in [-0.05, 0) is 64.2 Å². The Bertz CT molecular complexity index is 1070. The van der Waals surface area contributed by atoms with Gasteiger partial charge in [-0.2, -0.15) is 0 Å². The topological polar surface area (TPSA) is 78.9 Å². The Labute approximate surface area is 411 Å². The smallest absolute Gasteiger partial charge is 0.306 e. The molecule has 0 aromatic rings. The molecule has 0 radical (unpaired) electrons. The van der Waals surface area contributed by atoms with Gasteiger partial charge in [-0.3, -0.25) is 14.4 Å². The summed E-state index contributed by atoms with van der Waals surface area (Å²) in [7, 11) is 0. The van der Waals surface area contributed by atoms with Gasteiger partial charge in [0, 0.05) is 19.3 Å². The van der Waals surface area contributed by atoms with E-state index in [9.17, 15) is 14.4 Å². The molecule has 0 fully saturated rings. The summed E-state index contributed by atoms with van der Waals surface area (Å²) in [6.07, 6.45) is 64.8. The predicted octanol–water partition coefficient (Wildman–Crippen LogP) is 19.5. The number of carbonyl (C=O) groups is 3. The molecule has 1 unspecified atom stereocenters. The van der Waals surface area contributed by atoms with Crippen molar-refractivity contribution in [2.75, 3.05) is 13.2 Å². The summed E-state index contributed by atoms with van der Waals surface area (Å²) in [6.45, 7) is 6.60. The highest BCUT2D eigenvalue weighted by molar-refractivity contribution is 5.71. The van der Waals surface area contributed by atoms with Gasteiger partial charge in [-0.15, -0.1) is 0 Å². The van der Waals surface area contributed by atoms with E-state index < -0.39 is 6.10 Å². The molecule has 0 spiro atoms. The summed E-state index contributed by atoms with van der Waals surface area (Å²) in [6, 6.07) is 0. The molecule has 0 aliphatic rings. The molecule has 0 aromatic heterocycles. The third-order valence-corrected chi connectivity index (χ3v) is 13.2. The maximum atomic E-state index is 12.8. The highest BCUT2D eigenvalue weighted by Gasteiger charge is 2.19. The second-order valence-corrected chi connectivity index (χ2v) is 19.9. The lowest BCUT2D eigenvalue weighted by Gasteiger charge is -2.18. The monoisotopic (exact) mass is 929 g/mol. The van der Waals surface area contributed by atoms with Crippen LogP contribution in [0.15, 0.2) is 24.3 Å². The second-order valence-electron chi connectivity index (χ2n) is 19.9. The highest BCUT2D eigenvalue weighted by Crippen LogP contribution is 2.17. The molecule has 0 saturated heterocycles. The zero-order valence-corrected chi connectivity index (χ0v) is 44.5. The van der Waals surface area contributed by atoms with Gasteiger partial charge in [0.15, 0.2) is 6.10 Å². The molecule has 6 heteroatoms. The fourth-order valence-electron chi connectivity index (χ4n) is 8.74. The molecule has 388 valence electrons. The van der Waals surface area contributed by atoms with E-state index in [1.54, 1.807) is 0 Å². The van der Waals surface area contributed by atoms with Crippen LogP contribution in [0.5, 0.6) is 0 Å². The Balaban J connectivity index is 4.07. The van der Waals surface area contributed by atoms with Crippen LogP contribution < -0.4 is 0 Å². The van der Waals surface area contributed by atoms with Crippen LogP contribution in [-0.4, -0.2) is 37.2 Å². The summed E-state index contributed by atoms with van der Waals surface area (Å²) < 4.78 is 16.8. The van der Waals surface area contributed by atoms with Crippen LogP contribution in [-0.2, 0) is 28.6 Å². The molecule has 0 N–H and O–H groups in total. The minimum absolute atomic E-state index is 0.0693. The standard InChI is InChI=1S/C60H112O6/c1-4-7-10-13-16-19-22-23-24-25-26-27-28-29-30-31-32-33-34-35-36-37-39-41-44-47-50-53-59(62)65-56-57(55-64-58(61)52-49-46-43-40-21-18-15-12-9-6-3)66-60(63)54-51-48-45-42-38-20-17-14-11-8-5-2/h12,15,25-26,57H,4-11,13-14,16-24,27-56H2,1-3H3/b15-12-,26-25-. The van der Waals surface area contributed by atoms with Gasteiger partial charge in [0.2, 0.25) is 0 Å². The molecule has 0 heterocycles. The van der Waals surface area contributed by atoms with E-state index in [-0.39, 0.29) is 31.1 Å². The van der Waals surface area contributed by atoms with E-state index in [2.05, 4.69) is 45.1 Å². The van der Waals surface area contributed by atoms with Crippen molar-refractivity contribution in [1.29, 1.82) is 0 Å². The fourth-order valence-corrected chi connectivity index (χ4v) is 8.74. The first-order chi connectivity index (χ1) is 32.5. The van der Waals surface area contributed by atoms with E-state index >= 15 is 0 Å². The fraction of sp³-hybridized carbons (Fsp3) is 0.883. The van der Waals surface area contributed by atoms with Crippen molar-refractivity contribution in [2.24, 2.45) is 0 Å². The maximum absolute atomic E-state index is 12.8. The molecule has 0 bridgehead atoms. The molecule has 0 amide bonds. The van der Waals surface area contributed by atoms with Gasteiger partial charge in [0.25, 0.3) is 0 Å². The van der Waals surface area contributed by atoms with Crippen molar-refractivity contribution < 1.29 is 28.6 Å². The van der Waals surface area contributed by atoms with Crippen LogP contribution in [0, 0.1) is 0 Å². The molecule has 0 rings (SSSR count). The Kier molecular flexibility index (Phi) is 53.7. The Hall–Kier alpha value is -2.11. The number of ether oxygens (including phenoxy) is 3. The highest BCUT2D eigenvalue weighted by atomic mass is 16.6. The quantitative estimate of drug-likeness (QED) is 0.0262. The Morgan fingerprint density at radius 3 is 0.818 bits per heavy atom.